The summed E-state index contributed by atoms with van der Waals surface area (Å²) < 4.78 is 15.9. The molecule has 1 aliphatic heterocycles. The summed E-state index contributed by atoms with van der Waals surface area (Å²) in [4.78, 5) is 14.5. The van der Waals surface area contributed by atoms with E-state index in [0.29, 0.717) is 19.0 Å². The number of anilines is 1. The number of carbonyl (C=O) groups excluding carboxylic acids is 1. The van der Waals surface area contributed by atoms with Crippen molar-refractivity contribution in [2.45, 2.75) is 32.7 Å². The molecule has 0 spiro atoms. The molecule has 1 aromatic heterocycles. The third-order valence-corrected chi connectivity index (χ3v) is 5.48. The van der Waals surface area contributed by atoms with Gasteiger partial charge in [-0.05, 0) is 41.8 Å². The van der Waals surface area contributed by atoms with E-state index in [1.165, 1.54) is 17.3 Å². The molecule has 27 heavy (non-hydrogen) atoms. The molecule has 1 aliphatic rings. The highest BCUT2D eigenvalue weighted by Crippen LogP contribution is 2.31. The highest BCUT2D eigenvalue weighted by Gasteiger charge is 2.26. The Balaban J connectivity index is 1.55. The van der Waals surface area contributed by atoms with Crippen LogP contribution in [0.3, 0.4) is 0 Å². The zero-order valence-corrected chi connectivity index (χ0v) is 15.9. The minimum Gasteiger partial charge on any atom is -0.347 e. The second-order valence-electron chi connectivity index (χ2n) is 7.52. The summed E-state index contributed by atoms with van der Waals surface area (Å²) in [6.07, 6.45) is 0.766. The maximum atomic E-state index is 13.7. The Morgan fingerprint density at radius 2 is 1.89 bits per heavy atom. The van der Waals surface area contributed by atoms with E-state index in [9.17, 15) is 9.18 Å². The van der Waals surface area contributed by atoms with Crippen molar-refractivity contribution in [3.63, 3.8) is 0 Å². The third-order valence-electron chi connectivity index (χ3n) is 5.48. The summed E-state index contributed by atoms with van der Waals surface area (Å²) >= 11 is 0. The maximum Gasteiger partial charge on any atom is 0.322 e. The normalized spacial score (nSPS) is 13.9. The van der Waals surface area contributed by atoms with E-state index in [-0.39, 0.29) is 11.8 Å². The number of nitrogens with one attached hydrogen (secondary N) is 1. The SMILES string of the molecule is CC(C)c1ccc(NC(=O)N2CCc3c(c4cc(F)ccc4n3C)C2)cc1. The van der Waals surface area contributed by atoms with Crippen LogP contribution in [-0.2, 0) is 20.0 Å². The molecule has 0 saturated carbocycles. The number of rotatable bonds is 2. The number of aryl methyl sites for hydroxylation is 1. The Morgan fingerprint density at radius 3 is 2.59 bits per heavy atom. The van der Waals surface area contributed by atoms with Crippen molar-refractivity contribution in [3.8, 4) is 0 Å². The van der Waals surface area contributed by atoms with E-state index in [4.69, 9.17) is 0 Å². The molecule has 5 heteroatoms. The van der Waals surface area contributed by atoms with Gasteiger partial charge >= 0.3 is 6.03 Å². The molecule has 3 aromatic rings. The first-order valence-corrected chi connectivity index (χ1v) is 9.35. The fourth-order valence-corrected chi connectivity index (χ4v) is 3.88. The number of carbonyl (C=O) groups is 1. The molecular formula is C22H24FN3O. The summed E-state index contributed by atoms with van der Waals surface area (Å²) in [5, 5.41) is 3.88. The molecule has 0 radical (unpaired) electrons. The molecule has 0 atom stereocenters. The van der Waals surface area contributed by atoms with Crippen molar-refractivity contribution in [1.29, 1.82) is 0 Å². The second-order valence-corrected chi connectivity index (χ2v) is 7.52. The summed E-state index contributed by atoms with van der Waals surface area (Å²) in [5.41, 5.74) is 5.27. The van der Waals surface area contributed by atoms with Crippen LogP contribution in [0.2, 0.25) is 0 Å². The Bertz CT molecular complexity index is 1000. The van der Waals surface area contributed by atoms with Gasteiger partial charge in [-0.25, -0.2) is 9.18 Å². The van der Waals surface area contributed by atoms with Gasteiger partial charge in [-0.2, -0.15) is 0 Å². The number of aromatic nitrogens is 1. The van der Waals surface area contributed by atoms with Crippen LogP contribution in [0, 0.1) is 5.82 Å². The third kappa shape index (κ3) is 3.18. The smallest absolute Gasteiger partial charge is 0.322 e. The van der Waals surface area contributed by atoms with Crippen molar-refractivity contribution >= 4 is 22.6 Å². The molecule has 0 fully saturated rings. The lowest BCUT2D eigenvalue weighted by atomic mass is 10.0. The summed E-state index contributed by atoms with van der Waals surface area (Å²) in [6.45, 7) is 5.43. The van der Waals surface area contributed by atoms with E-state index in [1.54, 1.807) is 11.0 Å². The summed E-state index contributed by atoms with van der Waals surface area (Å²) in [6, 6.07) is 12.7. The molecule has 1 N–H and O–H groups in total. The van der Waals surface area contributed by atoms with Crippen LogP contribution in [0.5, 0.6) is 0 Å². The summed E-state index contributed by atoms with van der Waals surface area (Å²) in [5.74, 6) is 0.213. The first kappa shape index (κ1) is 17.6. The van der Waals surface area contributed by atoms with Crippen molar-refractivity contribution in [2.24, 2.45) is 7.05 Å². The molecule has 0 saturated heterocycles. The van der Waals surface area contributed by atoms with Gasteiger partial charge in [0.25, 0.3) is 0 Å². The van der Waals surface area contributed by atoms with Gasteiger partial charge < -0.3 is 14.8 Å². The van der Waals surface area contributed by atoms with Crippen LogP contribution < -0.4 is 5.32 Å². The van der Waals surface area contributed by atoms with Crippen molar-refractivity contribution in [1.82, 2.24) is 9.47 Å². The molecule has 4 rings (SSSR count). The number of hydrogen-bond acceptors (Lipinski definition) is 1. The van der Waals surface area contributed by atoms with Crippen LogP contribution in [0.1, 0.15) is 36.6 Å². The van der Waals surface area contributed by atoms with Crippen LogP contribution >= 0.6 is 0 Å². The lowest BCUT2D eigenvalue weighted by Crippen LogP contribution is -2.39. The fraction of sp³-hybridized carbons (Fsp3) is 0.318. The highest BCUT2D eigenvalue weighted by molar-refractivity contribution is 5.91. The minimum atomic E-state index is -0.247. The molecule has 2 heterocycles. The van der Waals surface area contributed by atoms with Gasteiger partial charge in [-0.15, -0.1) is 0 Å². The van der Waals surface area contributed by atoms with Crippen LogP contribution in [0.25, 0.3) is 10.9 Å². The topological polar surface area (TPSA) is 37.3 Å². The molecule has 2 aromatic carbocycles. The second kappa shape index (κ2) is 6.72. The lowest BCUT2D eigenvalue weighted by Gasteiger charge is -2.28. The Labute approximate surface area is 158 Å². The van der Waals surface area contributed by atoms with E-state index in [0.717, 1.165) is 28.6 Å². The Morgan fingerprint density at radius 1 is 1.15 bits per heavy atom. The van der Waals surface area contributed by atoms with E-state index < -0.39 is 0 Å². The number of fused-ring (bicyclic) bond motifs is 3. The largest absolute Gasteiger partial charge is 0.347 e. The predicted molar refractivity (Wildman–Crippen MR) is 107 cm³/mol. The number of halogens is 1. The zero-order chi connectivity index (χ0) is 19.1. The number of amides is 2. The van der Waals surface area contributed by atoms with E-state index in [1.807, 2.05) is 37.4 Å². The highest BCUT2D eigenvalue weighted by atomic mass is 19.1. The van der Waals surface area contributed by atoms with Gasteiger partial charge in [0.1, 0.15) is 5.82 Å². The van der Waals surface area contributed by atoms with E-state index in [2.05, 4.69) is 23.7 Å². The van der Waals surface area contributed by atoms with Crippen molar-refractivity contribution < 1.29 is 9.18 Å². The van der Waals surface area contributed by atoms with E-state index >= 15 is 0 Å². The quantitative estimate of drug-likeness (QED) is 0.679. The molecule has 2 amide bonds. The van der Waals surface area contributed by atoms with Gasteiger partial charge in [0.2, 0.25) is 0 Å². The van der Waals surface area contributed by atoms with Crippen LogP contribution in [0.15, 0.2) is 42.5 Å². The number of nitrogens with zero attached hydrogens (tertiary/aromatic N) is 2. The monoisotopic (exact) mass is 365 g/mol. The van der Waals surface area contributed by atoms with Gasteiger partial charge in [0.15, 0.2) is 0 Å². The van der Waals surface area contributed by atoms with Gasteiger partial charge in [0.05, 0.1) is 0 Å². The molecule has 4 nitrogen and oxygen atoms in total. The standard InChI is InChI=1S/C22H24FN3O/c1-14(2)15-4-7-17(8-5-15)24-22(27)26-11-10-21-19(13-26)18-12-16(23)6-9-20(18)25(21)3/h4-9,12,14H,10-11,13H2,1-3H3,(H,24,27). The first-order chi connectivity index (χ1) is 12.9. The zero-order valence-electron chi connectivity index (χ0n) is 15.9. The molecule has 140 valence electrons. The molecule has 0 unspecified atom stereocenters. The Kier molecular flexibility index (Phi) is 4.38. The molecule has 0 bridgehead atoms. The molecule has 0 aliphatic carbocycles. The Hall–Kier alpha value is -2.82. The average Bonchev–Trinajstić information content (AvgIpc) is 2.93. The number of benzene rings is 2. The lowest BCUT2D eigenvalue weighted by molar-refractivity contribution is 0.206. The maximum absolute atomic E-state index is 13.7. The van der Waals surface area contributed by atoms with Crippen molar-refractivity contribution in [2.75, 3.05) is 11.9 Å². The van der Waals surface area contributed by atoms with Gasteiger partial charge in [-0.3, -0.25) is 0 Å². The first-order valence-electron chi connectivity index (χ1n) is 9.35. The molecular weight excluding hydrogens is 341 g/mol. The predicted octanol–water partition coefficient (Wildman–Crippen LogP) is 5.03. The summed E-state index contributed by atoms with van der Waals surface area (Å²) in [7, 11) is 2.01. The minimum absolute atomic E-state index is 0.119. The van der Waals surface area contributed by atoms with Crippen LogP contribution in [-0.4, -0.2) is 22.0 Å². The fourth-order valence-electron chi connectivity index (χ4n) is 3.88. The van der Waals surface area contributed by atoms with Crippen molar-refractivity contribution in [3.05, 3.63) is 65.1 Å². The number of hydrogen-bond donors (Lipinski definition) is 1. The van der Waals surface area contributed by atoms with Crippen LogP contribution in [0.4, 0.5) is 14.9 Å². The number of urea groups is 1. The van der Waals surface area contributed by atoms with Gasteiger partial charge in [-0.1, -0.05) is 26.0 Å². The van der Waals surface area contributed by atoms with Gasteiger partial charge in [0, 0.05) is 54.4 Å². The average molecular weight is 365 g/mol.